The third kappa shape index (κ3) is 3.75. The third-order valence-electron chi connectivity index (χ3n) is 4.74. The highest BCUT2D eigenvalue weighted by Crippen LogP contribution is 2.25. The summed E-state index contributed by atoms with van der Waals surface area (Å²) in [6.45, 7) is 4.10. The predicted octanol–water partition coefficient (Wildman–Crippen LogP) is 1.16. The van der Waals surface area contributed by atoms with Crippen LogP contribution < -0.4 is 5.32 Å². The van der Waals surface area contributed by atoms with Gasteiger partial charge in [-0.1, -0.05) is 6.07 Å². The minimum absolute atomic E-state index is 0.0616. The molecule has 0 aromatic heterocycles. The first-order valence-corrected chi connectivity index (χ1v) is 9.97. The van der Waals surface area contributed by atoms with Gasteiger partial charge >= 0.3 is 0 Å². The minimum atomic E-state index is -3.39. The van der Waals surface area contributed by atoms with Crippen molar-refractivity contribution in [3.8, 4) is 0 Å². The second kappa shape index (κ2) is 6.61. The summed E-state index contributed by atoms with van der Waals surface area (Å²) in [6, 6.07) is 5.68. The molecule has 1 atom stereocenters. The lowest BCUT2D eigenvalue weighted by atomic mass is 10.1. The Morgan fingerprint density at radius 1 is 1.30 bits per heavy atom. The van der Waals surface area contributed by atoms with Crippen LogP contribution in [0.1, 0.15) is 30.9 Å². The van der Waals surface area contributed by atoms with E-state index in [1.54, 1.807) is 17.0 Å². The van der Waals surface area contributed by atoms with Gasteiger partial charge in [-0.25, -0.2) is 8.42 Å². The maximum Gasteiger partial charge on any atom is 0.223 e. The number of benzene rings is 1. The molecule has 1 aliphatic heterocycles. The van der Waals surface area contributed by atoms with Crippen LogP contribution in [0.25, 0.3) is 0 Å². The standard InChI is InChI=1S/C17H24N2O3S/c1-13-12-19(9-8-18-13)17(20)7-10-23(21,22)16-6-5-14-3-2-4-15(14)11-16/h5-6,11,13,18H,2-4,7-10,12H2,1H3/t13-/m0/s1. The molecule has 1 aliphatic carbocycles. The molecule has 1 heterocycles. The Morgan fingerprint density at radius 3 is 2.87 bits per heavy atom. The normalized spacial score (nSPS) is 21.3. The Bertz CT molecular complexity index is 700. The largest absolute Gasteiger partial charge is 0.340 e. The molecule has 1 amide bonds. The van der Waals surface area contributed by atoms with Crippen LogP contribution in [-0.4, -0.2) is 50.7 Å². The summed E-state index contributed by atoms with van der Waals surface area (Å²) in [5, 5.41) is 3.28. The van der Waals surface area contributed by atoms with Crippen molar-refractivity contribution in [2.24, 2.45) is 0 Å². The molecule has 1 aromatic carbocycles. The van der Waals surface area contributed by atoms with E-state index in [9.17, 15) is 13.2 Å². The molecule has 5 nitrogen and oxygen atoms in total. The van der Waals surface area contributed by atoms with Gasteiger partial charge in [0.05, 0.1) is 10.6 Å². The quantitative estimate of drug-likeness (QED) is 0.896. The van der Waals surface area contributed by atoms with Gasteiger partial charge in [0, 0.05) is 32.1 Å². The average Bonchev–Trinajstić information content (AvgIpc) is 3.00. The molecule has 0 spiro atoms. The number of hydrogen-bond donors (Lipinski definition) is 1. The summed E-state index contributed by atoms with van der Waals surface area (Å²) < 4.78 is 25.0. The fourth-order valence-electron chi connectivity index (χ4n) is 3.40. The predicted molar refractivity (Wildman–Crippen MR) is 89.2 cm³/mol. The monoisotopic (exact) mass is 336 g/mol. The smallest absolute Gasteiger partial charge is 0.223 e. The number of sulfone groups is 1. The molecule has 2 aliphatic rings. The topological polar surface area (TPSA) is 66.5 Å². The van der Waals surface area contributed by atoms with Gasteiger partial charge in [-0.3, -0.25) is 4.79 Å². The number of nitrogens with one attached hydrogen (secondary N) is 1. The molecule has 0 radical (unpaired) electrons. The van der Waals surface area contributed by atoms with Gasteiger partial charge < -0.3 is 10.2 Å². The van der Waals surface area contributed by atoms with Crippen LogP contribution >= 0.6 is 0 Å². The van der Waals surface area contributed by atoms with E-state index < -0.39 is 9.84 Å². The number of hydrogen-bond acceptors (Lipinski definition) is 4. The molecule has 126 valence electrons. The highest BCUT2D eigenvalue weighted by Gasteiger charge is 2.24. The fourth-order valence-corrected chi connectivity index (χ4v) is 4.67. The zero-order chi connectivity index (χ0) is 16.4. The Balaban J connectivity index is 1.63. The molecule has 6 heteroatoms. The van der Waals surface area contributed by atoms with Crippen molar-refractivity contribution >= 4 is 15.7 Å². The average molecular weight is 336 g/mol. The zero-order valence-corrected chi connectivity index (χ0v) is 14.4. The van der Waals surface area contributed by atoms with Crippen LogP contribution in [0.3, 0.4) is 0 Å². The third-order valence-corrected chi connectivity index (χ3v) is 6.45. The summed E-state index contributed by atoms with van der Waals surface area (Å²) >= 11 is 0. The van der Waals surface area contributed by atoms with Crippen LogP contribution in [0.4, 0.5) is 0 Å². The van der Waals surface area contributed by atoms with Crippen molar-refractivity contribution in [2.45, 2.75) is 43.5 Å². The molecule has 1 aromatic rings. The maximum atomic E-state index is 12.5. The number of aryl methyl sites for hydroxylation is 2. The SMILES string of the molecule is C[C@H]1CN(C(=O)CCS(=O)(=O)c2ccc3c(c2)CCC3)CCN1. The van der Waals surface area contributed by atoms with Crippen LogP contribution in [-0.2, 0) is 27.5 Å². The number of carbonyl (C=O) groups is 1. The first kappa shape index (κ1) is 16.5. The van der Waals surface area contributed by atoms with Gasteiger partial charge in [0.1, 0.15) is 0 Å². The van der Waals surface area contributed by atoms with Crippen LogP contribution in [0.15, 0.2) is 23.1 Å². The molecule has 1 N–H and O–H groups in total. The zero-order valence-electron chi connectivity index (χ0n) is 13.5. The number of carbonyl (C=O) groups excluding carboxylic acids is 1. The molecule has 0 unspecified atom stereocenters. The molecule has 3 rings (SSSR count). The molecule has 0 saturated carbocycles. The van der Waals surface area contributed by atoms with Crippen LogP contribution in [0.5, 0.6) is 0 Å². The van der Waals surface area contributed by atoms with E-state index in [0.29, 0.717) is 18.0 Å². The van der Waals surface area contributed by atoms with Gasteiger partial charge in [0.25, 0.3) is 0 Å². The summed E-state index contributed by atoms with van der Waals surface area (Å²) in [5.74, 6) is -0.175. The van der Waals surface area contributed by atoms with E-state index in [1.165, 1.54) is 5.56 Å². The number of nitrogens with zero attached hydrogens (tertiary/aromatic N) is 1. The van der Waals surface area contributed by atoms with Crippen LogP contribution in [0, 0.1) is 0 Å². The van der Waals surface area contributed by atoms with E-state index in [-0.39, 0.29) is 24.1 Å². The minimum Gasteiger partial charge on any atom is -0.340 e. The summed E-state index contributed by atoms with van der Waals surface area (Å²) in [7, 11) is -3.39. The first-order chi connectivity index (χ1) is 11.0. The van der Waals surface area contributed by atoms with E-state index in [1.807, 2.05) is 13.0 Å². The second-order valence-electron chi connectivity index (χ2n) is 6.55. The number of fused-ring (bicyclic) bond motifs is 1. The summed E-state index contributed by atoms with van der Waals surface area (Å²) in [4.78, 5) is 14.4. The maximum absolute atomic E-state index is 12.5. The van der Waals surface area contributed by atoms with Crippen molar-refractivity contribution < 1.29 is 13.2 Å². The highest BCUT2D eigenvalue weighted by atomic mass is 32.2. The summed E-state index contributed by atoms with van der Waals surface area (Å²) in [6.07, 6.45) is 3.15. The van der Waals surface area contributed by atoms with Crippen molar-refractivity contribution in [1.82, 2.24) is 10.2 Å². The second-order valence-corrected chi connectivity index (χ2v) is 8.66. The molecular weight excluding hydrogens is 312 g/mol. The van der Waals surface area contributed by atoms with E-state index >= 15 is 0 Å². The number of rotatable bonds is 4. The number of piperazine rings is 1. The molecule has 1 saturated heterocycles. The van der Waals surface area contributed by atoms with E-state index in [2.05, 4.69) is 5.32 Å². The van der Waals surface area contributed by atoms with Gasteiger partial charge in [0.15, 0.2) is 9.84 Å². The lowest BCUT2D eigenvalue weighted by Gasteiger charge is -2.31. The van der Waals surface area contributed by atoms with Crippen molar-refractivity contribution in [1.29, 1.82) is 0 Å². The van der Waals surface area contributed by atoms with Gasteiger partial charge in [0.2, 0.25) is 5.91 Å². The molecule has 23 heavy (non-hydrogen) atoms. The van der Waals surface area contributed by atoms with E-state index in [0.717, 1.165) is 31.4 Å². The Kier molecular flexibility index (Phi) is 4.73. The summed E-state index contributed by atoms with van der Waals surface area (Å²) in [5.41, 5.74) is 2.41. The van der Waals surface area contributed by atoms with E-state index in [4.69, 9.17) is 0 Å². The van der Waals surface area contributed by atoms with Crippen LogP contribution in [0.2, 0.25) is 0 Å². The Labute approximate surface area is 138 Å². The first-order valence-electron chi connectivity index (χ1n) is 8.31. The Hall–Kier alpha value is -1.40. The molecule has 1 fully saturated rings. The van der Waals surface area contributed by atoms with Gasteiger partial charge in [-0.15, -0.1) is 0 Å². The van der Waals surface area contributed by atoms with Gasteiger partial charge in [-0.2, -0.15) is 0 Å². The van der Waals surface area contributed by atoms with Crippen molar-refractivity contribution in [3.05, 3.63) is 29.3 Å². The molecule has 0 bridgehead atoms. The number of amides is 1. The lowest BCUT2D eigenvalue weighted by Crippen LogP contribution is -2.51. The Morgan fingerprint density at radius 2 is 2.09 bits per heavy atom. The highest BCUT2D eigenvalue weighted by molar-refractivity contribution is 7.91. The lowest BCUT2D eigenvalue weighted by molar-refractivity contribution is -0.131. The van der Waals surface area contributed by atoms with Crippen molar-refractivity contribution in [2.75, 3.05) is 25.4 Å². The van der Waals surface area contributed by atoms with Gasteiger partial charge in [-0.05, 0) is 49.4 Å². The fraction of sp³-hybridized carbons (Fsp3) is 0.588. The van der Waals surface area contributed by atoms with Crippen molar-refractivity contribution in [3.63, 3.8) is 0 Å². The molecular formula is C17H24N2O3S.